The second-order valence-electron chi connectivity index (χ2n) is 6.83. The van der Waals surface area contributed by atoms with E-state index in [1.54, 1.807) is 0 Å². The predicted octanol–water partition coefficient (Wildman–Crippen LogP) is 2.54. The number of hydrogen-bond donors (Lipinski definition) is 0. The summed E-state index contributed by atoms with van der Waals surface area (Å²) in [5.74, 6) is 1.46. The highest BCUT2D eigenvalue weighted by atomic mass is 16.5. The zero-order chi connectivity index (χ0) is 17.6. The van der Waals surface area contributed by atoms with E-state index >= 15 is 0 Å². The maximum absolute atomic E-state index is 12.7. The summed E-state index contributed by atoms with van der Waals surface area (Å²) in [6, 6.07) is 0.221. The maximum Gasteiger partial charge on any atom is 0.227 e. The molecule has 1 aliphatic rings. The fourth-order valence-corrected chi connectivity index (χ4v) is 3.38. The molecule has 0 aliphatic carbocycles. The third-order valence-electron chi connectivity index (χ3n) is 4.64. The normalized spacial score (nSPS) is 17.8. The number of nitrogens with zero attached hydrogens (tertiary/aromatic N) is 5. The van der Waals surface area contributed by atoms with Crippen LogP contribution in [0.4, 0.5) is 0 Å². The van der Waals surface area contributed by atoms with Crippen molar-refractivity contribution in [1.29, 1.82) is 0 Å². The summed E-state index contributed by atoms with van der Waals surface area (Å²) in [5, 5.41) is 8.31. The lowest BCUT2D eigenvalue weighted by Crippen LogP contribution is -2.46. The summed E-state index contributed by atoms with van der Waals surface area (Å²) < 4.78 is 7.18. The van der Waals surface area contributed by atoms with Gasteiger partial charge in [0.15, 0.2) is 5.82 Å². The number of amides is 1. The molecular weight excluding hydrogens is 318 g/mol. The second-order valence-corrected chi connectivity index (χ2v) is 6.83. The van der Waals surface area contributed by atoms with Crippen molar-refractivity contribution in [1.82, 2.24) is 24.8 Å². The first-order valence-electron chi connectivity index (χ1n) is 9.25. The van der Waals surface area contributed by atoms with E-state index in [0.29, 0.717) is 18.7 Å². The summed E-state index contributed by atoms with van der Waals surface area (Å²) in [7, 11) is 0. The number of piperidine rings is 1. The van der Waals surface area contributed by atoms with Gasteiger partial charge in [-0.15, -0.1) is 0 Å². The van der Waals surface area contributed by atoms with Crippen LogP contribution in [0.1, 0.15) is 56.3 Å². The lowest BCUT2D eigenvalue weighted by Gasteiger charge is -2.35. The number of carbonyl (C=O) groups is 1. The summed E-state index contributed by atoms with van der Waals surface area (Å²) in [5.41, 5.74) is 1.15. The van der Waals surface area contributed by atoms with Crippen molar-refractivity contribution >= 4 is 5.91 Å². The van der Waals surface area contributed by atoms with Crippen LogP contribution in [0.5, 0.6) is 0 Å². The van der Waals surface area contributed by atoms with Crippen molar-refractivity contribution in [2.45, 2.75) is 71.4 Å². The first-order chi connectivity index (χ1) is 12.2. The zero-order valence-corrected chi connectivity index (χ0v) is 15.1. The molecule has 0 radical (unpaired) electrons. The van der Waals surface area contributed by atoms with Gasteiger partial charge in [-0.2, -0.15) is 10.1 Å². The minimum absolute atomic E-state index is 0.170. The molecule has 1 aliphatic heterocycles. The molecule has 7 nitrogen and oxygen atoms in total. The lowest BCUT2D eigenvalue weighted by atomic mass is 10.0. The van der Waals surface area contributed by atoms with Crippen LogP contribution in [-0.4, -0.2) is 43.3 Å². The van der Waals surface area contributed by atoms with Crippen LogP contribution in [0.3, 0.4) is 0 Å². The van der Waals surface area contributed by atoms with Gasteiger partial charge < -0.3 is 9.42 Å². The van der Waals surface area contributed by atoms with Crippen LogP contribution >= 0.6 is 0 Å². The Bertz CT molecular complexity index is 693. The molecule has 136 valence electrons. The fraction of sp³-hybridized carbons (Fsp3) is 0.667. The van der Waals surface area contributed by atoms with Gasteiger partial charge in [0.1, 0.15) is 0 Å². The van der Waals surface area contributed by atoms with Crippen LogP contribution in [0.15, 0.2) is 16.9 Å². The molecule has 2 aromatic heterocycles. The van der Waals surface area contributed by atoms with E-state index < -0.39 is 0 Å². The van der Waals surface area contributed by atoms with E-state index in [9.17, 15) is 4.79 Å². The summed E-state index contributed by atoms with van der Waals surface area (Å²) in [6.07, 6.45) is 9.90. The van der Waals surface area contributed by atoms with Crippen molar-refractivity contribution in [3.63, 3.8) is 0 Å². The van der Waals surface area contributed by atoms with Gasteiger partial charge in [0, 0.05) is 32.0 Å². The summed E-state index contributed by atoms with van der Waals surface area (Å²) in [6.45, 7) is 5.71. The average molecular weight is 345 g/mol. The average Bonchev–Trinajstić information content (AvgIpc) is 3.22. The molecule has 3 rings (SSSR count). The van der Waals surface area contributed by atoms with Crippen molar-refractivity contribution in [2.24, 2.45) is 0 Å². The van der Waals surface area contributed by atoms with Crippen LogP contribution in [-0.2, 0) is 24.2 Å². The summed E-state index contributed by atoms with van der Waals surface area (Å²) in [4.78, 5) is 19.1. The minimum Gasteiger partial charge on any atom is -0.339 e. The molecule has 0 aromatic carbocycles. The van der Waals surface area contributed by atoms with E-state index in [-0.39, 0.29) is 11.9 Å². The molecule has 7 heteroatoms. The molecule has 25 heavy (non-hydrogen) atoms. The molecule has 1 saturated heterocycles. The van der Waals surface area contributed by atoms with Crippen molar-refractivity contribution < 1.29 is 9.32 Å². The molecule has 0 spiro atoms. The first kappa shape index (κ1) is 17.6. The Morgan fingerprint density at radius 3 is 3.00 bits per heavy atom. The molecule has 2 aromatic rings. The highest BCUT2D eigenvalue weighted by Gasteiger charge is 2.27. The number of rotatable bonds is 7. The Kier molecular flexibility index (Phi) is 5.83. The van der Waals surface area contributed by atoms with Gasteiger partial charge in [-0.3, -0.25) is 9.48 Å². The highest BCUT2D eigenvalue weighted by Crippen LogP contribution is 2.20. The van der Waals surface area contributed by atoms with Gasteiger partial charge >= 0.3 is 0 Å². The monoisotopic (exact) mass is 345 g/mol. The Hall–Kier alpha value is -2.18. The molecule has 0 unspecified atom stereocenters. The van der Waals surface area contributed by atoms with Crippen molar-refractivity contribution in [2.75, 3.05) is 6.54 Å². The second kappa shape index (κ2) is 8.27. The number of aryl methyl sites for hydroxylation is 3. The van der Waals surface area contributed by atoms with Crippen LogP contribution in [0.2, 0.25) is 0 Å². The van der Waals surface area contributed by atoms with Crippen LogP contribution < -0.4 is 0 Å². The topological polar surface area (TPSA) is 77.0 Å². The summed E-state index contributed by atoms with van der Waals surface area (Å²) >= 11 is 0. The Morgan fingerprint density at radius 2 is 2.24 bits per heavy atom. The third-order valence-corrected chi connectivity index (χ3v) is 4.64. The molecule has 1 fully saturated rings. The fourth-order valence-electron chi connectivity index (χ4n) is 3.38. The molecule has 0 bridgehead atoms. The smallest absolute Gasteiger partial charge is 0.227 e. The van der Waals surface area contributed by atoms with E-state index in [4.69, 9.17) is 4.52 Å². The third kappa shape index (κ3) is 4.67. The molecule has 3 heterocycles. The minimum atomic E-state index is 0.170. The Balaban J connectivity index is 1.56. The van der Waals surface area contributed by atoms with Gasteiger partial charge in [-0.05, 0) is 38.2 Å². The first-order valence-corrected chi connectivity index (χ1v) is 9.25. The maximum atomic E-state index is 12.7. The molecule has 1 atom stereocenters. The van der Waals surface area contributed by atoms with E-state index in [2.05, 4.69) is 22.2 Å². The molecule has 1 amide bonds. The number of aromatic nitrogens is 4. The van der Waals surface area contributed by atoms with E-state index in [0.717, 1.165) is 50.2 Å². The lowest BCUT2D eigenvalue weighted by molar-refractivity contribution is -0.135. The van der Waals surface area contributed by atoms with Gasteiger partial charge in [-0.1, -0.05) is 12.1 Å². The molecule has 0 N–H and O–H groups in total. The van der Waals surface area contributed by atoms with E-state index in [1.165, 1.54) is 6.42 Å². The van der Waals surface area contributed by atoms with Crippen molar-refractivity contribution in [3.05, 3.63) is 29.7 Å². The molecular formula is C18H27N5O2. The van der Waals surface area contributed by atoms with E-state index in [1.807, 2.05) is 28.9 Å². The Labute approximate surface area is 148 Å². The Morgan fingerprint density at radius 1 is 1.36 bits per heavy atom. The van der Waals surface area contributed by atoms with Gasteiger partial charge in [0.2, 0.25) is 11.8 Å². The van der Waals surface area contributed by atoms with Crippen molar-refractivity contribution in [3.8, 4) is 0 Å². The van der Waals surface area contributed by atoms with Crippen LogP contribution in [0, 0.1) is 6.92 Å². The number of carbonyl (C=O) groups excluding carboxylic acids is 1. The molecule has 0 saturated carbocycles. The van der Waals surface area contributed by atoms with Crippen LogP contribution in [0.25, 0.3) is 0 Å². The van der Waals surface area contributed by atoms with Gasteiger partial charge in [0.05, 0.1) is 18.8 Å². The SMILES string of the molecule is CCCc1noc(CCC(=O)N2CCCC[C@@H]2Cn2cc(C)cn2)n1. The zero-order valence-electron chi connectivity index (χ0n) is 15.1. The highest BCUT2D eigenvalue weighted by molar-refractivity contribution is 5.76. The standard InChI is InChI=1S/C18H27N5O2/c1-3-6-16-20-17(25-21-16)8-9-18(24)23-10-5-4-7-15(23)13-22-12-14(2)11-19-22/h11-12,15H,3-10,13H2,1-2H3/t15-/m1/s1. The number of hydrogen-bond acceptors (Lipinski definition) is 5. The van der Waals surface area contributed by atoms with Gasteiger partial charge in [-0.25, -0.2) is 0 Å². The quantitative estimate of drug-likeness (QED) is 0.771. The van der Waals surface area contributed by atoms with Gasteiger partial charge in [0.25, 0.3) is 0 Å². The number of likely N-dealkylation sites (tertiary alicyclic amines) is 1. The predicted molar refractivity (Wildman–Crippen MR) is 92.9 cm³/mol. The largest absolute Gasteiger partial charge is 0.339 e.